The zero-order valence-corrected chi connectivity index (χ0v) is 19.4. The minimum Gasteiger partial charge on any atom is -0.497 e. The fourth-order valence-corrected chi connectivity index (χ4v) is 4.72. The van der Waals surface area contributed by atoms with Gasteiger partial charge in [0.15, 0.2) is 0 Å². The molecule has 1 aromatic carbocycles. The van der Waals surface area contributed by atoms with Gasteiger partial charge in [-0.3, -0.25) is 4.79 Å². The molecule has 5 rings (SSSR count). The number of fused-ring (bicyclic) bond motifs is 1. The van der Waals surface area contributed by atoms with Crippen molar-refractivity contribution in [2.24, 2.45) is 0 Å². The van der Waals surface area contributed by atoms with Crippen LogP contribution in [0.15, 0.2) is 37.2 Å². The predicted octanol–water partition coefficient (Wildman–Crippen LogP) is 3.27. The molecule has 1 unspecified atom stereocenters. The van der Waals surface area contributed by atoms with Crippen molar-refractivity contribution >= 4 is 22.8 Å². The molecule has 2 aromatic heterocycles. The van der Waals surface area contributed by atoms with E-state index in [4.69, 9.17) is 15.2 Å². The van der Waals surface area contributed by atoms with E-state index in [1.807, 2.05) is 23.1 Å². The zero-order valence-electron chi connectivity index (χ0n) is 19.4. The number of nitrogens with two attached hydrogens (primary N) is 1. The number of nitrogen functional groups attached to an aromatic ring is 1. The van der Waals surface area contributed by atoms with Crippen LogP contribution in [-0.4, -0.2) is 52.7 Å². The van der Waals surface area contributed by atoms with Crippen LogP contribution in [0.2, 0.25) is 0 Å². The first kappa shape index (κ1) is 21.8. The average Bonchev–Trinajstić information content (AvgIpc) is 3.48. The van der Waals surface area contributed by atoms with E-state index >= 15 is 0 Å². The van der Waals surface area contributed by atoms with Crippen molar-refractivity contribution in [2.75, 3.05) is 33.0 Å². The Morgan fingerprint density at radius 3 is 2.53 bits per heavy atom. The van der Waals surface area contributed by atoms with Crippen molar-refractivity contribution in [3.63, 3.8) is 0 Å². The van der Waals surface area contributed by atoms with E-state index in [2.05, 4.69) is 33.0 Å². The van der Waals surface area contributed by atoms with Gasteiger partial charge in [0.1, 0.15) is 29.3 Å². The number of carbonyl (C=O) groups is 1. The second kappa shape index (κ2) is 8.75. The Balaban J connectivity index is 1.66. The summed E-state index contributed by atoms with van der Waals surface area (Å²) >= 11 is 0. The third-order valence-corrected chi connectivity index (χ3v) is 6.51. The third-order valence-electron chi connectivity index (χ3n) is 6.51. The van der Waals surface area contributed by atoms with E-state index in [0.717, 1.165) is 47.1 Å². The van der Waals surface area contributed by atoms with Crippen LogP contribution in [0.1, 0.15) is 48.0 Å². The van der Waals surface area contributed by atoms with Gasteiger partial charge in [-0.1, -0.05) is 18.4 Å². The quantitative estimate of drug-likeness (QED) is 0.467. The average molecular weight is 458 g/mol. The van der Waals surface area contributed by atoms with Gasteiger partial charge in [0.25, 0.3) is 0 Å². The summed E-state index contributed by atoms with van der Waals surface area (Å²) in [6.07, 6.45) is 5.89. The molecule has 3 heterocycles. The minimum absolute atomic E-state index is 0.0481. The summed E-state index contributed by atoms with van der Waals surface area (Å²) in [7, 11) is 3.23. The molecule has 8 heteroatoms. The highest BCUT2D eigenvalue weighted by molar-refractivity contribution is 5.94. The number of amides is 1. The lowest BCUT2D eigenvalue weighted by molar-refractivity contribution is -0.125. The lowest BCUT2D eigenvalue weighted by atomic mass is 10.1. The maximum atomic E-state index is 12.2. The van der Waals surface area contributed by atoms with Crippen molar-refractivity contribution in [3.05, 3.63) is 54.0 Å². The lowest BCUT2D eigenvalue weighted by Gasteiger charge is -2.19. The van der Waals surface area contributed by atoms with Crippen LogP contribution < -0.4 is 15.2 Å². The molecule has 1 saturated heterocycles. The van der Waals surface area contributed by atoms with Crippen LogP contribution in [-0.2, 0) is 4.79 Å². The number of methoxy groups -OCH3 is 2. The van der Waals surface area contributed by atoms with E-state index in [-0.39, 0.29) is 11.9 Å². The van der Waals surface area contributed by atoms with Gasteiger partial charge in [0.05, 0.1) is 31.2 Å². The van der Waals surface area contributed by atoms with Gasteiger partial charge in [-0.25, -0.2) is 9.97 Å². The van der Waals surface area contributed by atoms with Gasteiger partial charge in [-0.05, 0) is 37.5 Å². The van der Waals surface area contributed by atoms with Gasteiger partial charge in [-0.2, -0.15) is 0 Å². The number of ether oxygens (including phenoxy) is 2. The van der Waals surface area contributed by atoms with Gasteiger partial charge < -0.3 is 24.7 Å². The number of nitrogens with zero attached hydrogens (tertiary/aromatic N) is 4. The molecule has 2 N–H and O–H groups in total. The number of rotatable bonds is 5. The number of benzene rings is 1. The monoisotopic (exact) mass is 457 g/mol. The molecule has 1 atom stereocenters. The first-order valence-electron chi connectivity index (χ1n) is 11.3. The normalized spacial score (nSPS) is 17.4. The fourth-order valence-electron chi connectivity index (χ4n) is 4.72. The van der Waals surface area contributed by atoms with Crippen LogP contribution >= 0.6 is 0 Å². The number of hydrogen-bond acceptors (Lipinski definition) is 6. The highest BCUT2D eigenvalue weighted by atomic mass is 16.5. The highest BCUT2D eigenvalue weighted by Crippen LogP contribution is 2.47. The number of carbonyl (C=O) groups excluding carboxylic acids is 1. The van der Waals surface area contributed by atoms with Crippen molar-refractivity contribution in [1.82, 2.24) is 19.4 Å². The van der Waals surface area contributed by atoms with Gasteiger partial charge in [0, 0.05) is 36.3 Å². The number of anilines is 1. The smallest absolute Gasteiger partial charge is 0.246 e. The lowest BCUT2D eigenvalue weighted by Crippen LogP contribution is -2.27. The molecule has 1 saturated carbocycles. The number of aromatic nitrogens is 3. The molecule has 1 aliphatic carbocycles. The molecule has 1 aliphatic heterocycles. The summed E-state index contributed by atoms with van der Waals surface area (Å²) in [5.74, 6) is 8.77. The molecule has 2 aliphatic rings. The first-order valence-corrected chi connectivity index (χ1v) is 11.3. The summed E-state index contributed by atoms with van der Waals surface area (Å²) in [5.41, 5.74) is 9.93. The van der Waals surface area contributed by atoms with Gasteiger partial charge >= 0.3 is 0 Å². The van der Waals surface area contributed by atoms with Crippen LogP contribution in [0.3, 0.4) is 0 Å². The van der Waals surface area contributed by atoms with E-state index in [0.29, 0.717) is 36.3 Å². The van der Waals surface area contributed by atoms with Crippen LogP contribution in [0.25, 0.3) is 11.0 Å². The van der Waals surface area contributed by atoms with Crippen molar-refractivity contribution in [3.8, 4) is 23.3 Å². The summed E-state index contributed by atoms with van der Waals surface area (Å²) in [5, 5.41) is 0.778. The maximum absolute atomic E-state index is 12.2. The number of likely N-dealkylation sites (tertiary alicyclic amines) is 1. The summed E-state index contributed by atoms with van der Waals surface area (Å²) < 4.78 is 13.0. The molecule has 0 spiro atoms. The highest BCUT2D eigenvalue weighted by Gasteiger charge is 2.37. The molecule has 0 bridgehead atoms. The van der Waals surface area contributed by atoms with Crippen LogP contribution in [0, 0.1) is 11.8 Å². The second-order valence-corrected chi connectivity index (χ2v) is 8.64. The van der Waals surface area contributed by atoms with E-state index in [9.17, 15) is 4.79 Å². The Morgan fingerprint density at radius 1 is 1.15 bits per heavy atom. The van der Waals surface area contributed by atoms with Crippen LogP contribution in [0.4, 0.5) is 5.82 Å². The van der Waals surface area contributed by atoms with Crippen molar-refractivity contribution < 1.29 is 14.3 Å². The Bertz CT molecular complexity index is 1320. The Labute approximate surface area is 198 Å². The maximum Gasteiger partial charge on any atom is 0.246 e. The molecule has 34 heavy (non-hydrogen) atoms. The third kappa shape index (κ3) is 3.83. The minimum atomic E-state index is -0.0481. The summed E-state index contributed by atoms with van der Waals surface area (Å²) in [6.45, 7) is 4.93. The zero-order chi connectivity index (χ0) is 23.8. The fraction of sp³-hybridized carbons (Fsp3) is 0.346. The van der Waals surface area contributed by atoms with Crippen molar-refractivity contribution in [1.29, 1.82) is 0 Å². The first-order chi connectivity index (χ1) is 16.5. The van der Waals surface area contributed by atoms with E-state index < -0.39 is 0 Å². The number of hydrogen-bond donors (Lipinski definition) is 1. The SMILES string of the molecule is C=CC(=O)N1CCC(n2c(C3CC3)c(C#Cc3cc(OC)cc(OC)c3)c3c(N)ncnc32)C1. The van der Waals surface area contributed by atoms with Gasteiger partial charge in [0.2, 0.25) is 5.91 Å². The Hall–Kier alpha value is -3.99. The van der Waals surface area contributed by atoms with Crippen LogP contribution in [0.5, 0.6) is 11.5 Å². The molecule has 1 amide bonds. The van der Waals surface area contributed by atoms with E-state index in [1.54, 1.807) is 14.2 Å². The van der Waals surface area contributed by atoms with Crippen molar-refractivity contribution in [2.45, 2.75) is 31.2 Å². The molecule has 3 aromatic rings. The Morgan fingerprint density at radius 2 is 1.88 bits per heavy atom. The van der Waals surface area contributed by atoms with E-state index in [1.165, 1.54) is 12.4 Å². The topological polar surface area (TPSA) is 95.5 Å². The molecular formula is C26H27N5O3. The molecule has 8 nitrogen and oxygen atoms in total. The second-order valence-electron chi connectivity index (χ2n) is 8.64. The predicted molar refractivity (Wildman–Crippen MR) is 130 cm³/mol. The van der Waals surface area contributed by atoms with Gasteiger partial charge in [-0.15, -0.1) is 0 Å². The molecule has 2 fully saturated rings. The summed E-state index contributed by atoms with van der Waals surface area (Å²) in [4.78, 5) is 22.9. The molecule has 174 valence electrons. The molecular weight excluding hydrogens is 430 g/mol. The Kier molecular flexibility index (Phi) is 5.62. The largest absolute Gasteiger partial charge is 0.497 e. The standard InChI is InChI=1S/C26H27N5O3/c1-4-22(32)30-10-9-18(14-30)31-24(17-6-7-17)21(23-25(27)28-15-29-26(23)31)8-5-16-11-19(33-2)13-20(12-16)34-3/h4,11-13,15,17-18H,1,6-7,9-10,14H2,2-3H3,(H2,27,28,29). The summed E-state index contributed by atoms with van der Waals surface area (Å²) in [6, 6.07) is 5.67. The molecule has 0 radical (unpaired) electrons.